The minimum Gasteiger partial charge on any atom is -0.368 e. The van der Waals surface area contributed by atoms with Gasteiger partial charge in [0.25, 0.3) is 5.91 Å². The van der Waals surface area contributed by atoms with Crippen LogP contribution >= 0.6 is 0 Å². The first kappa shape index (κ1) is 16.4. The van der Waals surface area contributed by atoms with E-state index < -0.39 is 0 Å². The number of nitrogens with zero attached hydrogens (tertiary/aromatic N) is 3. The molecular weight excluding hydrogens is 321 g/mol. The zero-order valence-electron chi connectivity index (χ0n) is 14.2. The fourth-order valence-corrected chi connectivity index (χ4v) is 3.69. The Bertz CT molecular complexity index is 768. The SMILES string of the molecule is O=C(C1CCCO1)N1CCN(Cc2cc(F)cc3cccnc23)CC1. The molecule has 0 spiro atoms. The Morgan fingerprint density at radius 3 is 2.88 bits per heavy atom. The minimum atomic E-state index is -0.247. The van der Waals surface area contributed by atoms with Crippen LogP contribution in [0.5, 0.6) is 0 Å². The molecule has 0 saturated carbocycles. The highest BCUT2D eigenvalue weighted by Crippen LogP contribution is 2.21. The molecule has 2 fully saturated rings. The largest absolute Gasteiger partial charge is 0.368 e. The van der Waals surface area contributed by atoms with E-state index in [1.54, 1.807) is 12.3 Å². The van der Waals surface area contributed by atoms with E-state index in [4.69, 9.17) is 4.74 Å². The molecule has 132 valence electrons. The summed E-state index contributed by atoms with van der Waals surface area (Å²) in [5.74, 6) is -0.113. The van der Waals surface area contributed by atoms with Gasteiger partial charge in [0, 0.05) is 50.9 Å². The van der Waals surface area contributed by atoms with Gasteiger partial charge in [-0.15, -0.1) is 0 Å². The van der Waals surface area contributed by atoms with Crippen molar-refractivity contribution in [2.24, 2.45) is 0 Å². The average molecular weight is 343 g/mol. The number of amides is 1. The van der Waals surface area contributed by atoms with Gasteiger partial charge in [0.15, 0.2) is 0 Å². The van der Waals surface area contributed by atoms with E-state index >= 15 is 0 Å². The fraction of sp³-hybridized carbons (Fsp3) is 0.474. The second kappa shape index (κ2) is 7.06. The molecule has 2 saturated heterocycles. The third-order valence-corrected chi connectivity index (χ3v) is 5.03. The summed E-state index contributed by atoms with van der Waals surface area (Å²) < 4.78 is 19.4. The summed E-state index contributed by atoms with van der Waals surface area (Å²) in [6.45, 7) is 4.29. The number of rotatable bonds is 3. The quantitative estimate of drug-likeness (QED) is 0.857. The Labute approximate surface area is 146 Å². The first-order valence-electron chi connectivity index (χ1n) is 8.86. The summed E-state index contributed by atoms with van der Waals surface area (Å²) in [4.78, 5) is 21.0. The first-order chi connectivity index (χ1) is 12.2. The molecule has 0 aliphatic carbocycles. The number of hydrogen-bond donors (Lipinski definition) is 0. The molecule has 6 heteroatoms. The lowest BCUT2D eigenvalue weighted by Gasteiger charge is -2.35. The van der Waals surface area contributed by atoms with Gasteiger partial charge in [-0.2, -0.15) is 0 Å². The standard InChI is InChI=1S/C19H22FN3O2/c20-16-11-14-3-1-5-21-18(14)15(12-16)13-22-6-8-23(9-7-22)19(24)17-4-2-10-25-17/h1,3,5,11-12,17H,2,4,6-10,13H2. The summed E-state index contributed by atoms with van der Waals surface area (Å²) in [5, 5.41) is 0.824. The monoisotopic (exact) mass is 343 g/mol. The van der Waals surface area contributed by atoms with Gasteiger partial charge in [0.05, 0.1) is 5.52 Å². The van der Waals surface area contributed by atoms with Crippen molar-refractivity contribution in [3.63, 3.8) is 0 Å². The zero-order chi connectivity index (χ0) is 17.2. The summed E-state index contributed by atoms with van der Waals surface area (Å²) in [6.07, 6.45) is 3.29. The predicted molar refractivity (Wildman–Crippen MR) is 92.5 cm³/mol. The van der Waals surface area contributed by atoms with E-state index in [2.05, 4.69) is 9.88 Å². The lowest BCUT2D eigenvalue weighted by molar-refractivity contribution is -0.142. The predicted octanol–water partition coefficient (Wildman–Crippen LogP) is 2.20. The number of aromatic nitrogens is 1. The smallest absolute Gasteiger partial charge is 0.251 e. The van der Waals surface area contributed by atoms with Gasteiger partial charge >= 0.3 is 0 Å². The highest BCUT2D eigenvalue weighted by atomic mass is 19.1. The number of fused-ring (bicyclic) bond motifs is 1. The lowest BCUT2D eigenvalue weighted by atomic mass is 10.1. The van der Waals surface area contributed by atoms with Crippen molar-refractivity contribution in [3.05, 3.63) is 41.8 Å². The fourth-order valence-electron chi connectivity index (χ4n) is 3.69. The molecule has 1 atom stereocenters. The number of benzene rings is 1. The summed E-state index contributed by atoms with van der Waals surface area (Å²) >= 11 is 0. The van der Waals surface area contributed by atoms with Crippen LogP contribution in [-0.2, 0) is 16.1 Å². The molecule has 5 nitrogen and oxygen atoms in total. The number of ether oxygens (including phenoxy) is 1. The van der Waals surface area contributed by atoms with Crippen LogP contribution in [0.4, 0.5) is 4.39 Å². The lowest BCUT2D eigenvalue weighted by Crippen LogP contribution is -2.51. The Morgan fingerprint density at radius 2 is 2.12 bits per heavy atom. The Kier molecular flexibility index (Phi) is 4.63. The van der Waals surface area contributed by atoms with Crippen molar-refractivity contribution in [3.8, 4) is 0 Å². The third kappa shape index (κ3) is 3.50. The topological polar surface area (TPSA) is 45.7 Å². The van der Waals surface area contributed by atoms with Crippen molar-refractivity contribution in [2.45, 2.75) is 25.5 Å². The van der Waals surface area contributed by atoms with E-state index in [0.29, 0.717) is 26.2 Å². The summed E-state index contributed by atoms with van der Waals surface area (Å²) in [5.41, 5.74) is 1.75. The number of pyridine rings is 1. The summed E-state index contributed by atoms with van der Waals surface area (Å²) in [6, 6.07) is 6.79. The van der Waals surface area contributed by atoms with Crippen LogP contribution in [0.1, 0.15) is 18.4 Å². The summed E-state index contributed by atoms with van der Waals surface area (Å²) in [7, 11) is 0. The van der Waals surface area contributed by atoms with Crippen LogP contribution in [0, 0.1) is 5.82 Å². The molecule has 2 aliphatic heterocycles. The van der Waals surface area contributed by atoms with Gasteiger partial charge in [0.1, 0.15) is 11.9 Å². The van der Waals surface area contributed by atoms with Crippen LogP contribution < -0.4 is 0 Å². The van der Waals surface area contributed by atoms with Gasteiger partial charge in [-0.05, 0) is 36.6 Å². The number of carbonyl (C=O) groups is 1. The average Bonchev–Trinajstić information content (AvgIpc) is 3.16. The molecule has 4 rings (SSSR count). The van der Waals surface area contributed by atoms with Gasteiger partial charge in [0.2, 0.25) is 0 Å². The van der Waals surface area contributed by atoms with Gasteiger partial charge in [-0.3, -0.25) is 14.7 Å². The minimum absolute atomic E-state index is 0.120. The van der Waals surface area contributed by atoms with Crippen LogP contribution in [-0.4, -0.2) is 59.6 Å². The maximum Gasteiger partial charge on any atom is 0.251 e. The molecule has 0 N–H and O–H groups in total. The Morgan fingerprint density at radius 1 is 1.28 bits per heavy atom. The molecule has 1 aromatic heterocycles. The highest BCUT2D eigenvalue weighted by Gasteiger charge is 2.30. The van der Waals surface area contributed by atoms with Crippen molar-refractivity contribution < 1.29 is 13.9 Å². The molecule has 1 amide bonds. The van der Waals surface area contributed by atoms with Gasteiger partial charge in [-0.1, -0.05) is 6.07 Å². The number of piperazine rings is 1. The van der Waals surface area contributed by atoms with Gasteiger partial charge < -0.3 is 9.64 Å². The van der Waals surface area contributed by atoms with Crippen LogP contribution in [0.15, 0.2) is 30.5 Å². The zero-order valence-corrected chi connectivity index (χ0v) is 14.2. The maximum atomic E-state index is 13.9. The number of halogens is 1. The number of carbonyl (C=O) groups excluding carboxylic acids is 1. The van der Waals surface area contributed by atoms with E-state index in [-0.39, 0.29) is 17.8 Å². The maximum absolute atomic E-state index is 13.9. The molecule has 2 aliphatic rings. The molecule has 25 heavy (non-hydrogen) atoms. The Balaban J connectivity index is 1.41. The molecule has 0 bridgehead atoms. The highest BCUT2D eigenvalue weighted by molar-refractivity contribution is 5.82. The van der Waals surface area contributed by atoms with E-state index in [1.807, 2.05) is 17.0 Å². The van der Waals surface area contributed by atoms with Crippen molar-refractivity contribution >= 4 is 16.8 Å². The van der Waals surface area contributed by atoms with Gasteiger partial charge in [-0.25, -0.2) is 4.39 Å². The van der Waals surface area contributed by atoms with E-state index in [1.165, 1.54) is 6.07 Å². The molecule has 3 heterocycles. The Hall–Kier alpha value is -2.05. The molecule has 0 radical (unpaired) electrons. The second-order valence-corrected chi connectivity index (χ2v) is 6.74. The van der Waals surface area contributed by atoms with Crippen LogP contribution in [0.25, 0.3) is 10.9 Å². The third-order valence-electron chi connectivity index (χ3n) is 5.03. The number of hydrogen-bond acceptors (Lipinski definition) is 4. The van der Waals surface area contributed by atoms with E-state index in [9.17, 15) is 9.18 Å². The normalized spacial score (nSPS) is 21.8. The molecule has 2 aromatic rings. The molecule has 1 aromatic carbocycles. The van der Waals surface area contributed by atoms with Crippen molar-refractivity contribution in [1.82, 2.24) is 14.8 Å². The second-order valence-electron chi connectivity index (χ2n) is 6.74. The van der Waals surface area contributed by atoms with Crippen LogP contribution in [0.3, 0.4) is 0 Å². The molecular formula is C19H22FN3O2. The van der Waals surface area contributed by atoms with Crippen LogP contribution in [0.2, 0.25) is 0 Å². The molecule has 1 unspecified atom stereocenters. The van der Waals surface area contributed by atoms with Crippen molar-refractivity contribution in [2.75, 3.05) is 32.8 Å². The first-order valence-corrected chi connectivity index (χ1v) is 8.86. The van der Waals surface area contributed by atoms with Crippen molar-refractivity contribution in [1.29, 1.82) is 0 Å². The van der Waals surface area contributed by atoms with E-state index in [0.717, 1.165) is 42.4 Å².